The molecule has 2 heterocycles. The first kappa shape index (κ1) is 20.0. The van der Waals surface area contributed by atoms with Crippen LogP contribution in [-0.4, -0.2) is 40.4 Å². The van der Waals surface area contributed by atoms with Crippen LogP contribution in [0.25, 0.3) is 10.9 Å². The first-order valence-electron chi connectivity index (χ1n) is 9.54. The molecule has 0 aliphatic heterocycles. The predicted octanol–water partition coefficient (Wildman–Crippen LogP) is 3.83. The summed E-state index contributed by atoms with van der Waals surface area (Å²) >= 11 is 3.05. The Labute approximate surface area is 176 Å². The van der Waals surface area contributed by atoms with E-state index in [1.54, 1.807) is 19.2 Å². The van der Waals surface area contributed by atoms with E-state index in [1.165, 1.54) is 62.3 Å². The molecule has 10 heteroatoms. The largest absolute Gasteiger partial charge is 0.493 e. The zero-order valence-electron chi connectivity index (χ0n) is 16.4. The fourth-order valence-corrected chi connectivity index (χ4v) is 5.16. The van der Waals surface area contributed by atoms with Crippen molar-refractivity contribution in [3.8, 4) is 11.5 Å². The molecule has 1 fully saturated rings. The van der Waals surface area contributed by atoms with E-state index in [0.717, 1.165) is 9.47 Å². The van der Waals surface area contributed by atoms with E-state index in [9.17, 15) is 4.79 Å². The van der Waals surface area contributed by atoms with Crippen LogP contribution in [0.1, 0.15) is 37.9 Å². The van der Waals surface area contributed by atoms with E-state index >= 15 is 0 Å². The summed E-state index contributed by atoms with van der Waals surface area (Å²) in [6.45, 7) is 0. The van der Waals surface area contributed by atoms with E-state index < -0.39 is 0 Å². The van der Waals surface area contributed by atoms with Gasteiger partial charge in [-0.1, -0.05) is 42.4 Å². The van der Waals surface area contributed by atoms with Crippen molar-refractivity contribution in [2.24, 2.45) is 0 Å². The highest BCUT2D eigenvalue weighted by atomic mass is 32.2. The fraction of sp³-hybridized carbons (Fsp3) is 0.474. The topological polar surface area (TPSA) is 102 Å². The van der Waals surface area contributed by atoms with Gasteiger partial charge in [0.25, 0.3) is 5.56 Å². The minimum absolute atomic E-state index is 0.205. The normalized spacial score (nSPS) is 14.8. The molecular weight excluding hydrogens is 410 g/mol. The number of hydrogen-bond acceptors (Lipinski definition) is 9. The Kier molecular flexibility index (Phi) is 6.19. The van der Waals surface area contributed by atoms with Gasteiger partial charge >= 0.3 is 0 Å². The molecule has 0 spiro atoms. The molecule has 0 amide bonds. The Morgan fingerprint density at radius 3 is 2.69 bits per heavy atom. The molecule has 4 rings (SSSR count). The van der Waals surface area contributed by atoms with Gasteiger partial charge in [-0.2, -0.15) is 0 Å². The van der Waals surface area contributed by atoms with E-state index in [4.69, 9.17) is 9.47 Å². The first-order chi connectivity index (χ1) is 14.2. The van der Waals surface area contributed by atoms with Gasteiger partial charge in [-0.05, 0) is 18.9 Å². The minimum atomic E-state index is -0.205. The molecule has 0 saturated heterocycles. The van der Waals surface area contributed by atoms with Crippen LogP contribution >= 0.6 is 23.1 Å². The van der Waals surface area contributed by atoms with Crippen molar-refractivity contribution in [2.75, 3.05) is 19.5 Å². The second kappa shape index (κ2) is 9.00. The van der Waals surface area contributed by atoms with Crippen LogP contribution in [-0.2, 0) is 5.75 Å². The lowest BCUT2D eigenvalue weighted by atomic mass is 9.96. The van der Waals surface area contributed by atoms with Gasteiger partial charge in [-0.3, -0.25) is 4.79 Å². The van der Waals surface area contributed by atoms with Crippen LogP contribution < -0.4 is 20.3 Å². The van der Waals surface area contributed by atoms with Gasteiger partial charge < -0.3 is 19.8 Å². The van der Waals surface area contributed by atoms with Crippen LogP contribution in [0.5, 0.6) is 11.5 Å². The minimum Gasteiger partial charge on any atom is -0.493 e. The molecule has 154 valence electrons. The third kappa shape index (κ3) is 4.64. The first-order valence-corrected chi connectivity index (χ1v) is 11.3. The predicted molar refractivity (Wildman–Crippen MR) is 115 cm³/mol. The monoisotopic (exact) mass is 433 g/mol. The van der Waals surface area contributed by atoms with Gasteiger partial charge in [0.05, 0.1) is 30.9 Å². The zero-order valence-corrected chi connectivity index (χ0v) is 18.0. The maximum atomic E-state index is 12.5. The van der Waals surface area contributed by atoms with Crippen molar-refractivity contribution in [1.29, 1.82) is 0 Å². The highest BCUT2D eigenvalue weighted by Crippen LogP contribution is 2.32. The Balaban J connectivity index is 1.46. The number of aromatic amines is 1. The number of aromatic nitrogens is 4. The van der Waals surface area contributed by atoms with E-state index in [1.807, 2.05) is 0 Å². The molecule has 0 radical (unpaired) electrons. The van der Waals surface area contributed by atoms with Crippen LogP contribution in [0, 0.1) is 0 Å². The van der Waals surface area contributed by atoms with Crippen LogP contribution in [0.4, 0.5) is 5.13 Å². The molecule has 1 aliphatic carbocycles. The molecule has 29 heavy (non-hydrogen) atoms. The van der Waals surface area contributed by atoms with Gasteiger partial charge in [0, 0.05) is 12.1 Å². The Hall–Kier alpha value is -2.33. The van der Waals surface area contributed by atoms with Crippen molar-refractivity contribution in [3.05, 3.63) is 28.3 Å². The van der Waals surface area contributed by atoms with Crippen LogP contribution in [0.15, 0.2) is 21.3 Å². The number of benzene rings is 1. The molecule has 0 atom stereocenters. The molecule has 1 saturated carbocycles. The highest BCUT2D eigenvalue weighted by molar-refractivity contribution is 8.00. The quantitative estimate of drug-likeness (QED) is 0.542. The SMILES string of the molecule is COc1cc2nc(CSc3nnc(NC4CCCCC4)s3)[nH]c(=O)c2cc1OC. The third-order valence-electron chi connectivity index (χ3n) is 4.93. The second-order valence-electron chi connectivity index (χ2n) is 6.88. The number of ether oxygens (including phenoxy) is 2. The van der Waals surface area contributed by atoms with Crippen molar-refractivity contribution in [2.45, 2.75) is 48.2 Å². The Morgan fingerprint density at radius 2 is 1.93 bits per heavy atom. The van der Waals surface area contributed by atoms with Crippen molar-refractivity contribution in [1.82, 2.24) is 20.2 Å². The molecule has 2 N–H and O–H groups in total. The summed E-state index contributed by atoms with van der Waals surface area (Å²) in [5.41, 5.74) is 0.363. The van der Waals surface area contributed by atoms with Crippen LogP contribution in [0.2, 0.25) is 0 Å². The van der Waals surface area contributed by atoms with E-state index in [-0.39, 0.29) is 5.56 Å². The van der Waals surface area contributed by atoms with Gasteiger partial charge in [-0.15, -0.1) is 10.2 Å². The van der Waals surface area contributed by atoms with Gasteiger partial charge in [0.15, 0.2) is 15.8 Å². The number of rotatable bonds is 7. The molecule has 8 nitrogen and oxygen atoms in total. The van der Waals surface area contributed by atoms with E-state index in [0.29, 0.717) is 40.0 Å². The average Bonchev–Trinajstić information content (AvgIpc) is 3.19. The second-order valence-corrected chi connectivity index (χ2v) is 9.08. The number of fused-ring (bicyclic) bond motifs is 1. The van der Waals surface area contributed by atoms with Gasteiger partial charge in [-0.25, -0.2) is 4.98 Å². The lowest BCUT2D eigenvalue weighted by molar-refractivity contribution is 0.355. The van der Waals surface area contributed by atoms with Crippen molar-refractivity contribution in [3.63, 3.8) is 0 Å². The molecule has 3 aromatic rings. The number of thioether (sulfide) groups is 1. The molecule has 0 unspecified atom stereocenters. The average molecular weight is 434 g/mol. The third-order valence-corrected chi connectivity index (χ3v) is 6.93. The zero-order chi connectivity index (χ0) is 20.2. The lowest BCUT2D eigenvalue weighted by Gasteiger charge is -2.21. The number of methoxy groups -OCH3 is 2. The van der Waals surface area contributed by atoms with Gasteiger partial charge in [0.1, 0.15) is 5.82 Å². The fourth-order valence-electron chi connectivity index (χ4n) is 3.46. The maximum absolute atomic E-state index is 12.5. The summed E-state index contributed by atoms with van der Waals surface area (Å²) in [6.07, 6.45) is 6.26. The lowest BCUT2D eigenvalue weighted by Crippen LogP contribution is -2.21. The number of nitrogens with one attached hydrogen (secondary N) is 2. The standard InChI is InChI=1S/C19H23N5O3S2/c1-26-14-8-12-13(9-15(14)27-2)21-16(22-17(12)25)10-28-19-24-23-18(29-19)20-11-6-4-3-5-7-11/h8-9,11H,3-7,10H2,1-2H3,(H,20,23)(H,21,22,25). The summed E-state index contributed by atoms with van der Waals surface area (Å²) in [4.78, 5) is 19.9. The Bertz CT molecular complexity index is 1050. The summed E-state index contributed by atoms with van der Waals surface area (Å²) in [7, 11) is 3.10. The van der Waals surface area contributed by atoms with Crippen LogP contribution in [0.3, 0.4) is 0 Å². The number of anilines is 1. The number of hydrogen-bond donors (Lipinski definition) is 2. The maximum Gasteiger partial charge on any atom is 0.258 e. The Morgan fingerprint density at radius 1 is 1.17 bits per heavy atom. The van der Waals surface area contributed by atoms with Gasteiger partial charge in [0.2, 0.25) is 5.13 Å². The number of H-pyrrole nitrogens is 1. The summed E-state index contributed by atoms with van der Waals surface area (Å²) < 4.78 is 11.4. The molecule has 2 aromatic heterocycles. The smallest absolute Gasteiger partial charge is 0.258 e. The van der Waals surface area contributed by atoms with E-state index in [2.05, 4.69) is 25.5 Å². The highest BCUT2D eigenvalue weighted by Gasteiger charge is 2.16. The summed E-state index contributed by atoms with van der Waals surface area (Å²) in [6, 6.07) is 3.86. The molecule has 1 aromatic carbocycles. The molecule has 0 bridgehead atoms. The molecule has 1 aliphatic rings. The number of nitrogens with zero attached hydrogens (tertiary/aromatic N) is 3. The van der Waals surface area contributed by atoms with Crippen molar-refractivity contribution >= 4 is 39.1 Å². The van der Waals surface area contributed by atoms with Crippen molar-refractivity contribution < 1.29 is 9.47 Å². The molecular formula is C19H23N5O3S2. The summed E-state index contributed by atoms with van der Waals surface area (Å²) in [5.74, 6) is 2.12. The summed E-state index contributed by atoms with van der Waals surface area (Å²) in [5, 5.41) is 13.3.